The maximum atomic E-state index is 11.0. The van der Waals surface area contributed by atoms with Gasteiger partial charge in [-0.1, -0.05) is 31.2 Å². The second kappa shape index (κ2) is 7.99. The smallest absolute Gasteiger partial charge is 0.306 e. The zero-order valence-corrected chi connectivity index (χ0v) is 13.2. The van der Waals surface area contributed by atoms with Gasteiger partial charge in [-0.15, -0.1) is 0 Å². The Hall–Kier alpha value is -1.81. The highest BCUT2D eigenvalue weighted by molar-refractivity contribution is 5.71. The fourth-order valence-electron chi connectivity index (χ4n) is 2.18. The van der Waals surface area contributed by atoms with Gasteiger partial charge in [-0.05, 0) is 43.4 Å². The number of esters is 1. The molecule has 1 aromatic rings. The van der Waals surface area contributed by atoms with Crippen LogP contribution in [0.5, 0.6) is 5.75 Å². The molecule has 0 amide bonds. The molecule has 0 aliphatic carbocycles. The van der Waals surface area contributed by atoms with Crippen LogP contribution in [0.4, 0.5) is 0 Å². The highest BCUT2D eigenvalue weighted by Crippen LogP contribution is 2.18. The van der Waals surface area contributed by atoms with Crippen LogP contribution in [-0.2, 0) is 9.53 Å². The van der Waals surface area contributed by atoms with E-state index in [1.54, 1.807) is 0 Å². The fourth-order valence-corrected chi connectivity index (χ4v) is 2.18. The SMILES string of the molecule is C[C@H](O)[C@H](C)C/C=C/c1ccc(OCC2CCC(=O)O2)cc1. The number of cyclic esters (lactones) is 1. The molecule has 2 rings (SSSR count). The molecule has 1 saturated heterocycles. The Kier molecular flexibility index (Phi) is 6.01. The summed E-state index contributed by atoms with van der Waals surface area (Å²) in [5, 5.41) is 9.44. The van der Waals surface area contributed by atoms with Gasteiger partial charge in [0.05, 0.1) is 6.10 Å². The largest absolute Gasteiger partial charge is 0.490 e. The van der Waals surface area contributed by atoms with Crippen molar-refractivity contribution in [3.05, 3.63) is 35.9 Å². The topological polar surface area (TPSA) is 55.8 Å². The molecule has 1 unspecified atom stereocenters. The lowest BCUT2D eigenvalue weighted by Gasteiger charge is -2.11. The molecule has 1 fully saturated rings. The van der Waals surface area contributed by atoms with E-state index in [4.69, 9.17) is 9.47 Å². The number of ether oxygens (including phenoxy) is 2. The minimum Gasteiger partial charge on any atom is -0.490 e. The fraction of sp³-hybridized carbons (Fsp3) is 0.500. The average molecular weight is 304 g/mol. The van der Waals surface area contributed by atoms with Gasteiger partial charge in [-0.3, -0.25) is 4.79 Å². The number of allylic oxidation sites excluding steroid dienone is 1. The van der Waals surface area contributed by atoms with Crippen molar-refractivity contribution in [1.82, 2.24) is 0 Å². The molecule has 0 aromatic heterocycles. The quantitative estimate of drug-likeness (QED) is 0.786. The third-order valence-electron chi connectivity index (χ3n) is 3.93. The lowest BCUT2D eigenvalue weighted by atomic mass is 10.0. The summed E-state index contributed by atoms with van der Waals surface area (Å²) in [6.45, 7) is 4.25. The molecule has 1 N–H and O–H groups in total. The van der Waals surface area contributed by atoms with Crippen molar-refractivity contribution >= 4 is 12.0 Å². The Morgan fingerprint density at radius 3 is 2.68 bits per heavy atom. The summed E-state index contributed by atoms with van der Waals surface area (Å²) in [5.74, 6) is 0.894. The van der Waals surface area contributed by atoms with Gasteiger partial charge in [-0.25, -0.2) is 0 Å². The minimum atomic E-state index is -0.287. The maximum absolute atomic E-state index is 11.0. The second-order valence-electron chi connectivity index (χ2n) is 5.89. The van der Waals surface area contributed by atoms with E-state index in [0.29, 0.717) is 13.0 Å². The number of hydrogen-bond donors (Lipinski definition) is 1. The van der Waals surface area contributed by atoms with Gasteiger partial charge in [-0.2, -0.15) is 0 Å². The Balaban J connectivity index is 1.77. The van der Waals surface area contributed by atoms with E-state index >= 15 is 0 Å². The van der Waals surface area contributed by atoms with Crippen LogP contribution >= 0.6 is 0 Å². The van der Waals surface area contributed by atoms with Gasteiger partial charge in [0.1, 0.15) is 18.5 Å². The predicted molar refractivity (Wildman–Crippen MR) is 85.5 cm³/mol. The lowest BCUT2D eigenvalue weighted by molar-refractivity contribution is -0.142. The van der Waals surface area contributed by atoms with E-state index in [-0.39, 0.29) is 24.1 Å². The molecule has 22 heavy (non-hydrogen) atoms. The van der Waals surface area contributed by atoms with Gasteiger partial charge in [0.2, 0.25) is 0 Å². The second-order valence-corrected chi connectivity index (χ2v) is 5.89. The number of carbonyl (C=O) groups is 1. The summed E-state index contributed by atoms with van der Waals surface area (Å²) in [4.78, 5) is 11.0. The molecule has 1 aliphatic heterocycles. The number of aliphatic hydroxyl groups is 1. The monoisotopic (exact) mass is 304 g/mol. The number of carbonyl (C=O) groups excluding carboxylic acids is 1. The molecule has 120 valence electrons. The van der Waals surface area contributed by atoms with Crippen LogP contribution in [0.25, 0.3) is 6.08 Å². The summed E-state index contributed by atoms with van der Waals surface area (Å²) < 4.78 is 10.7. The van der Waals surface area contributed by atoms with Crippen LogP contribution < -0.4 is 4.74 Å². The molecule has 0 radical (unpaired) electrons. The van der Waals surface area contributed by atoms with E-state index < -0.39 is 0 Å². The molecule has 4 nitrogen and oxygen atoms in total. The van der Waals surface area contributed by atoms with Crippen LogP contribution in [0.15, 0.2) is 30.3 Å². The van der Waals surface area contributed by atoms with Crippen molar-refractivity contribution in [3.63, 3.8) is 0 Å². The minimum absolute atomic E-state index is 0.117. The van der Waals surface area contributed by atoms with Crippen molar-refractivity contribution in [2.24, 2.45) is 5.92 Å². The van der Waals surface area contributed by atoms with Crippen molar-refractivity contribution in [2.45, 2.75) is 45.3 Å². The summed E-state index contributed by atoms with van der Waals surface area (Å²) in [6.07, 6.45) is 5.79. The van der Waals surface area contributed by atoms with Crippen molar-refractivity contribution < 1.29 is 19.4 Å². The number of aliphatic hydroxyl groups excluding tert-OH is 1. The summed E-state index contributed by atoms with van der Waals surface area (Å²) in [6, 6.07) is 7.79. The van der Waals surface area contributed by atoms with Gasteiger partial charge < -0.3 is 14.6 Å². The zero-order valence-electron chi connectivity index (χ0n) is 13.2. The van der Waals surface area contributed by atoms with E-state index in [0.717, 1.165) is 24.2 Å². The van der Waals surface area contributed by atoms with E-state index in [1.807, 2.05) is 44.2 Å². The van der Waals surface area contributed by atoms with Gasteiger partial charge in [0.15, 0.2) is 0 Å². The zero-order chi connectivity index (χ0) is 15.9. The Labute approximate surface area is 131 Å². The van der Waals surface area contributed by atoms with E-state index in [1.165, 1.54) is 0 Å². The van der Waals surface area contributed by atoms with Gasteiger partial charge in [0, 0.05) is 6.42 Å². The first-order valence-corrected chi connectivity index (χ1v) is 7.81. The first-order chi connectivity index (χ1) is 10.5. The standard InChI is InChI=1S/C18H24O4/c1-13(14(2)19)4-3-5-15-6-8-16(9-7-15)21-12-17-10-11-18(20)22-17/h3,5-9,13-14,17,19H,4,10-12H2,1-2H3/b5-3+/t13-,14+,17?/m1/s1. The molecule has 0 spiro atoms. The van der Waals surface area contributed by atoms with Gasteiger partial charge in [0.25, 0.3) is 0 Å². The Morgan fingerprint density at radius 2 is 2.09 bits per heavy atom. The molecule has 1 aliphatic rings. The number of benzene rings is 1. The normalized spacial score (nSPS) is 20.9. The molecule has 1 aromatic carbocycles. The molecule has 0 bridgehead atoms. The van der Waals surface area contributed by atoms with Crippen molar-refractivity contribution in [1.29, 1.82) is 0 Å². The van der Waals surface area contributed by atoms with Crippen molar-refractivity contribution in [3.8, 4) is 5.75 Å². The third-order valence-corrected chi connectivity index (χ3v) is 3.93. The summed E-state index contributed by atoms with van der Waals surface area (Å²) in [7, 11) is 0. The van der Waals surface area contributed by atoms with E-state index in [9.17, 15) is 9.90 Å². The van der Waals surface area contributed by atoms with Crippen LogP contribution in [-0.4, -0.2) is 29.9 Å². The van der Waals surface area contributed by atoms with Crippen LogP contribution in [0.3, 0.4) is 0 Å². The van der Waals surface area contributed by atoms with Crippen molar-refractivity contribution in [2.75, 3.05) is 6.61 Å². The molecule has 0 saturated carbocycles. The molecule has 3 atom stereocenters. The first-order valence-electron chi connectivity index (χ1n) is 7.81. The van der Waals surface area contributed by atoms with E-state index in [2.05, 4.69) is 6.08 Å². The third kappa shape index (κ3) is 5.19. The van der Waals surface area contributed by atoms with Crippen LogP contribution in [0, 0.1) is 5.92 Å². The maximum Gasteiger partial charge on any atom is 0.306 e. The molecular weight excluding hydrogens is 280 g/mol. The Bertz CT molecular complexity index is 504. The van der Waals surface area contributed by atoms with Crippen LogP contribution in [0.1, 0.15) is 38.7 Å². The number of rotatable bonds is 7. The van der Waals surface area contributed by atoms with Gasteiger partial charge >= 0.3 is 5.97 Å². The molecular formula is C18H24O4. The molecule has 1 heterocycles. The predicted octanol–water partition coefficient (Wildman–Crippen LogP) is 3.19. The van der Waals surface area contributed by atoms with Crippen LogP contribution in [0.2, 0.25) is 0 Å². The first kappa shape index (κ1) is 16.6. The summed E-state index contributed by atoms with van der Waals surface area (Å²) >= 11 is 0. The highest BCUT2D eigenvalue weighted by Gasteiger charge is 2.23. The number of hydrogen-bond acceptors (Lipinski definition) is 4. The highest BCUT2D eigenvalue weighted by atomic mass is 16.6. The lowest BCUT2D eigenvalue weighted by Crippen LogP contribution is -2.17. The summed E-state index contributed by atoms with van der Waals surface area (Å²) in [5.41, 5.74) is 1.09. The Morgan fingerprint density at radius 1 is 1.36 bits per heavy atom. The average Bonchev–Trinajstić information content (AvgIpc) is 2.92. The molecule has 4 heteroatoms.